The number of rotatable bonds is 1. The van der Waals surface area contributed by atoms with Gasteiger partial charge in [-0.15, -0.1) is 0 Å². The molecule has 1 saturated carbocycles. The van der Waals surface area contributed by atoms with Crippen molar-refractivity contribution in [1.82, 2.24) is 0 Å². The van der Waals surface area contributed by atoms with Gasteiger partial charge in [-0.1, -0.05) is 6.92 Å². The fourth-order valence-corrected chi connectivity index (χ4v) is 1.64. The van der Waals surface area contributed by atoms with Gasteiger partial charge in [0.05, 0.1) is 0 Å². The van der Waals surface area contributed by atoms with Gasteiger partial charge in [-0.2, -0.15) is 0 Å². The van der Waals surface area contributed by atoms with Crippen molar-refractivity contribution in [3.8, 4) is 0 Å². The van der Waals surface area contributed by atoms with E-state index in [9.17, 15) is 0 Å². The van der Waals surface area contributed by atoms with Gasteiger partial charge in [0, 0.05) is 12.6 Å². The van der Waals surface area contributed by atoms with Crippen LogP contribution >= 0.6 is 0 Å². The highest BCUT2D eigenvalue weighted by molar-refractivity contribution is 4.82. The highest BCUT2D eigenvalue weighted by Gasteiger charge is 2.27. The van der Waals surface area contributed by atoms with Crippen molar-refractivity contribution in [2.45, 2.75) is 25.8 Å². The summed E-state index contributed by atoms with van der Waals surface area (Å²) in [6.45, 7) is 2.47. The van der Waals surface area contributed by atoms with Crippen LogP contribution in [-0.4, -0.2) is 17.8 Å². The molecule has 0 radical (unpaired) electrons. The van der Waals surface area contributed by atoms with E-state index in [1.165, 1.54) is 0 Å². The van der Waals surface area contributed by atoms with E-state index in [2.05, 4.69) is 6.92 Å². The minimum atomic E-state index is 0.314. The molecule has 0 aromatic carbocycles. The number of aliphatic hydroxyl groups is 1. The number of hydrogen-bond acceptors (Lipinski definition) is 2. The Hall–Kier alpha value is -0.0800. The molecule has 1 rings (SSSR count). The molecule has 1 aliphatic rings. The van der Waals surface area contributed by atoms with Crippen LogP contribution in [0.15, 0.2) is 0 Å². The summed E-state index contributed by atoms with van der Waals surface area (Å²) in [5.41, 5.74) is 5.68. The zero-order chi connectivity index (χ0) is 6.85. The minimum absolute atomic E-state index is 0.314. The Morgan fingerprint density at radius 2 is 2.22 bits per heavy atom. The lowest BCUT2D eigenvalue weighted by molar-refractivity contribution is 0.201. The van der Waals surface area contributed by atoms with Gasteiger partial charge in [-0.05, 0) is 24.7 Å². The van der Waals surface area contributed by atoms with Crippen molar-refractivity contribution in [1.29, 1.82) is 0 Å². The second-order valence-corrected chi connectivity index (χ2v) is 3.15. The van der Waals surface area contributed by atoms with E-state index in [1.54, 1.807) is 0 Å². The van der Waals surface area contributed by atoms with E-state index in [0.717, 1.165) is 12.8 Å². The Morgan fingerprint density at radius 1 is 1.56 bits per heavy atom. The average molecular weight is 129 g/mol. The predicted molar refractivity (Wildman–Crippen MR) is 36.9 cm³/mol. The Balaban J connectivity index is 2.38. The van der Waals surface area contributed by atoms with Crippen molar-refractivity contribution in [2.75, 3.05) is 6.61 Å². The zero-order valence-electron chi connectivity index (χ0n) is 5.88. The van der Waals surface area contributed by atoms with Crippen molar-refractivity contribution in [3.05, 3.63) is 0 Å². The van der Waals surface area contributed by atoms with Crippen LogP contribution in [0.3, 0.4) is 0 Å². The first-order chi connectivity index (χ1) is 4.24. The molecule has 0 bridgehead atoms. The molecule has 1 fully saturated rings. The largest absolute Gasteiger partial charge is 0.396 e. The number of nitrogens with two attached hydrogens (primary N) is 1. The van der Waals surface area contributed by atoms with Crippen LogP contribution in [0.1, 0.15) is 19.8 Å². The summed E-state index contributed by atoms with van der Waals surface area (Å²) in [6.07, 6.45) is 2.10. The summed E-state index contributed by atoms with van der Waals surface area (Å²) >= 11 is 0. The standard InChI is InChI=1S/C7H15NO/c1-5-2-7(8)3-6(5)4-9/h5-7,9H,2-4,8H2,1H3/t5-,6+,7-/m0/s1. The molecule has 0 aliphatic heterocycles. The third-order valence-corrected chi connectivity index (χ3v) is 2.32. The fourth-order valence-electron chi connectivity index (χ4n) is 1.64. The van der Waals surface area contributed by atoms with E-state index in [-0.39, 0.29) is 0 Å². The van der Waals surface area contributed by atoms with Gasteiger partial charge >= 0.3 is 0 Å². The molecule has 2 nitrogen and oxygen atoms in total. The van der Waals surface area contributed by atoms with E-state index in [0.29, 0.717) is 24.5 Å². The Kier molecular flexibility index (Phi) is 2.09. The van der Waals surface area contributed by atoms with Gasteiger partial charge in [-0.25, -0.2) is 0 Å². The van der Waals surface area contributed by atoms with Crippen LogP contribution in [0.4, 0.5) is 0 Å². The van der Waals surface area contributed by atoms with Crippen LogP contribution in [0.5, 0.6) is 0 Å². The van der Waals surface area contributed by atoms with E-state index in [1.807, 2.05) is 0 Å². The van der Waals surface area contributed by atoms with Crippen LogP contribution in [0.25, 0.3) is 0 Å². The molecule has 0 spiro atoms. The first-order valence-corrected chi connectivity index (χ1v) is 3.60. The summed E-state index contributed by atoms with van der Waals surface area (Å²) in [5, 5.41) is 8.80. The molecular weight excluding hydrogens is 114 g/mol. The first kappa shape index (κ1) is 7.03. The average Bonchev–Trinajstić information content (AvgIpc) is 2.10. The Morgan fingerprint density at radius 3 is 2.44 bits per heavy atom. The molecule has 1 aliphatic carbocycles. The molecule has 0 heterocycles. The van der Waals surface area contributed by atoms with Gasteiger partial charge in [0.2, 0.25) is 0 Å². The molecule has 3 atom stereocenters. The summed E-state index contributed by atoms with van der Waals surface area (Å²) in [5.74, 6) is 1.10. The highest BCUT2D eigenvalue weighted by Crippen LogP contribution is 2.29. The van der Waals surface area contributed by atoms with Crippen LogP contribution < -0.4 is 5.73 Å². The molecule has 0 aromatic rings. The molecule has 0 amide bonds. The van der Waals surface area contributed by atoms with Crippen molar-refractivity contribution < 1.29 is 5.11 Å². The quantitative estimate of drug-likeness (QED) is 0.536. The summed E-state index contributed by atoms with van der Waals surface area (Å²) < 4.78 is 0. The van der Waals surface area contributed by atoms with Crippen LogP contribution in [0.2, 0.25) is 0 Å². The van der Waals surface area contributed by atoms with E-state index < -0.39 is 0 Å². The van der Waals surface area contributed by atoms with Crippen molar-refractivity contribution in [3.63, 3.8) is 0 Å². The Bertz CT molecular complexity index is 94.9. The van der Waals surface area contributed by atoms with Gasteiger partial charge in [0.1, 0.15) is 0 Å². The lowest BCUT2D eigenvalue weighted by Gasteiger charge is -2.09. The third-order valence-electron chi connectivity index (χ3n) is 2.32. The highest BCUT2D eigenvalue weighted by atomic mass is 16.3. The molecule has 0 saturated heterocycles. The van der Waals surface area contributed by atoms with Gasteiger partial charge in [-0.3, -0.25) is 0 Å². The van der Waals surface area contributed by atoms with E-state index in [4.69, 9.17) is 10.8 Å². The molecule has 54 valence electrons. The van der Waals surface area contributed by atoms with E-state index >= 15 is 0 Å². The third kappa shape index (κ3) is 1.43. The maximum atomic E-state index is 8.80. The molecule has 0 aromatic heterocycles. The first-order valence-electron chi connectivity index (χ1n) is 3.60. The molecule has 0 unspecified atom stereocenters. The Labute approximate surface area is 56.1 Å². The molecule has 9 heavy (non-hydrogen) atoms. The monoisotopic (exact) mass is 129 g/mol. The normalized spacial score (nSPS) is 43.7. The SMILES string of the molecule is C[C@H]1C[C@H](N)C[C@@H]1CO. The van der Waals surface area contributed by atoms with Gasteiger partial charge in [0.25, 0.3) is 0 Å². The maximum absolute atomic E-state index is 8.80. The van der Waals surface area contributed by atoms with Crippen LogP contribution in [-0.2, 0) is 0 Å². The smallest absolute Gasteiger partial charge is 0.0462 e. The lowest BCUT2D eigenvalue weighted by atomic mass is 10.00. The number of hydrogen-bond donors (Lipinski definition) is 2. The molecule has 2 heteroatoms. The fraction of sp³-hybridized carbons (Fsp3) is 1.00. The lowest BCUT2D eigenvalue weighted by Crippen LogP contribution is -2.15. The second kappa shape index (κ2) is 2.67. The number of aliphatic hydroxyl groups excluding tert-OH is 1. The minimum Gasteiger partial charge on any atom is -0.396 e. The predicted octanol–water partition coefficient (Wildman–Crippen LogP) is 0.352. The van der Waals surface area contributed by atoms with Gasteiger partial charge < -0.3 is 10.8 Å². The summed E-state index contributed by atoms with van der Waals surface area (Å²) in [4.78, 5) is 0. The topological polar surface area (TPSA) is 46.2 Å². The van der Waals surface area contributed by atoms with Crippen molar-refractivity contribution >= 4 is 0 Å². The molecule has 3 N–H and O–H groups in total. The summed E-state index contributed by atoms with van der Waals surface area (Å²) in [7, 11) is 0. The second-order valence-electron chi connectivity index (χ2n) is 3.15. The summed E-state index contributed by atoms with van der Waals surface area (Å²) in [6, 6.07) is 0.345. The zero-order valence-corrected chi connectivity index (χ0v) is 5.88. The van der Waals surface area contributed by atoms with Gasteiger partial charge in [0.15, 0.2) is 0 Å². The van der Waals surface area contributed by atoms with Crippen molar-refractivity contribution in [2.24, 2.45) is 17.6 Å². The maximum Gasteiger partial charge on any atom is 0.0462 e. The van der Waals surface area contributed by atoms with Crippen LogP contribution in [0, 0.1) is 11.8 Å². The molecular formula is C7H15NO.